The Kier molecular flexibility index (Phi) is 5.26. The SMILES string of the molecule is COc1ccc(C2NC(=O)N(C)C3=C2C(=O)N(CCN2CCCCC2)C3)cc1. The van der Waals surface area contributed by atoms with Crippen molar-refractivity contribution in [3.05, 3.63) is 41.1 Å². The third-order valence-corrected chi connectivity index (χ3v) is 6.02. The second-order valence-corrected chi connectivity index (χ2v) is 7.70. The van der Waals surface area contributed by atoms with Crippen LogP contribution in [0.15, 0.2) is 35.5 Å². The van der Waals surface area contributed by atoms with Crippen molar-refractivity contribution in [2.24, 2.45) is 0 Å². The van der Waals surface area contributed by atoms with E-state index in [1.807, 2.05) is 29.2 Å². The van der Waals surface area contributed by atoms with E-state index in [2.05, 4.69) is 10.2 Å². The minimum absolute atomic E-state index is 0.0275. The number of urea groups is 1. The molecule has 0 aliphatic carbocycles. The lowest BCUT2D eigenvalue weighted by atomic mass is 9.95. The first-order valence-electron chi connectivity index (χ1n) is 10.0. The van der Waals surface area contributed by atoms with Crippen LogP contribution in [0.5, 0.6) is 5.75 Å². The molecular weight excluding hydrogens is 356 g/mol. The number of ether oxygens (including phenoxy) is 1. The van der Waals surface area contributed by atoms with Crippen LogP contribution in [0.25, 0.3) is 0 Å². The van der Waals surface area contributed by atoms with Crippen LogP contribution in [0, 0.1) is 0 Å². The largest absolute Gasteiger partial charge is 0.497 e. The van der Waals surface area contributed by atoms with Crippen molar-refractivity contribution in [2.45, 2.75) is 25.3 Å². The molecule has 7 heteroatoms. The number of methoxy groups -OCH3 is 1. The van der Waals surface area contributed by atoms with Gasteiger partial charge in [-0.3, -0.25) is 9.69 Å². The Bertz CT molecular complexity index is 783. The number of hydrogen-bond donors (Lipinski definition) is 1. The van der Waals surface area contributed by atoms with Gasteiger partial charge >= 0.3 is 6.03 Å². The molecule has 3 heterocycles. The van der Waals surface area contributed by atoms with E-state index < -0.39 is 6.04 Å². The van der Waals surface area contributed by atoms with Crippen LogP contribution in [0.3, 0.4) is 0 Å². The van der Waals surface area contributed by atoms with Gasteiger partial charge in [0.25, 0.3) is 5.91 Å². The molecule has 3 aliphatic heterocycles. The van der Waals surface area contributed by atoms with E-state index in [0.717, 1.165) is 36.6 Å². The number of amides is 3. The van der Waals surface area contributed by atoms with Gasteiger partial charge in [-0.25, -0.2) is 4.79 Å². The van der Waals surface area contributed by atoms with E-state index in [4.69, 9.17) is 4.74 Å². The third-order valence-electron chi connectivity index (χ3n) is 6.02. The van der Waals surface area contributed by atoms with Crippen LogP contribution in [0.1, 0.15) is 30.9 Å². The molecule has 1 fully saturated rings. The maximum Gasteiger partial charge on any atom is 0.322 e. The highest BCUT2D eigenvalue weighted by Gasteiger charge is 2.42. The lowest BCUT2D eigenvalue weighted by Gasteiger charge is -2.31. The Balaban J connectivity index is 1.53. The van der Waals surface area contributed by atoms with Gasteiger partial charge in [0.2, 0.25) is 0 Å². The molecule has 3 amide bonds. The number of piperidine rings is 1. The average Bonchev–Trinajstić information content (AvgIpc) is 3.07. The number of likely N-dealkylation sites (N-methyl/N-ethyl adjacent to an activating group) is 1. The van der Waals surface area contributed by atoms with Crippen LogP contribution in [0.4, 0.5) is 4.79 Å². The number of hydrogen-bond acceptors (Lipinski definition) is 4. The average molecular weight is 384 g/mol. The van der Waals surface area contributed by atoms with Crippen molar-refractivity contribution in [3.8, 4) is 5.75 Å². The second kappa shape index (κ2) is 7.83. The first-order chi connectivity index (χ1) is 13.6. The zero-order valence-corrected chi connectivity index (χ0v) is 16.6. The van der Waals surface area contributed by atoms with Crippen LogP contribution in [-0.4, -0.2) is 73.5 Å². The predicted molar refractivity (Wildman–Crippen MR) is 106 cm³/mol. The number of nitrogens with one attached hydrogen (secondary N) is 1. The molecular formula is C21H28N4O3. The first-order valence-corrected chi connectivity index (χ1v) is 10.0. The summed E-state index contributed by atoms with van der Waals surface area (Å²) >= 11 is 0. The van der Waals surface area contributed by atoms with E-state index in [-0.39, 0.29) is 11.9 Å². The van der Waals surface area contributed by atoms with Gasteiger partial charge in [-0.2, -0.15) is 0 Å². The Morgan fingerprint density at radius 2 is 1.79 bits per heavy atom. The van der Waals surface area contributed by atoms with Gasteiger partial charge in [0, 0.05) is 20.1 Å². The van der Waals surface area contributed by atoms with E-state index in [1.165, 1.54) is 19.3 Å². The van der Waals surface area contributed by atoms with Crippen LogP contribution in [-0.2, 0) is 4.79 Å². The van der Waals surface area contributed by atoms with Gasteiger partial charge in [0.05, 0.1) is 31.0 Å². The van der Waals surface area contributed by atoms with Crippen molar-refractivity contribution >= 4 is 11.9 Å². The van der Waals surface area contributed by atoms with Crippen molar-refractivity contribution in [2.75, 3.05) is 46.9 Å². The monoisotopic (exact) mass is 384 g/mol. The maximum absolute atomic E-state index is 13.2. The molecule has 1 aromatic carbocycles. The fourth-order valence-electron chi connectivity index (χ4n) is 4.30. The smallest absolute Gasteiger partial charge is 0.322 e. The summed E-state index contributed by atoms with van der Waals surface area (Å²) < 4.78 is 5.22. The molecule has 0 spiro atoms. The summed E-state index contributed by atoms with van der Waals surface area (Å²) in [5.74, 6) is 0.776. The quantitative estimate of drug-likeness (QED) is 0.843. The zero-order chi connectivity index (χ0) is 19.7. The first kappa shape index (κ1) is 18.8. The number of likely N-dealkylation sites (tertiary alicyclic amines) is 1. The summed E-state index contributed by atoms with van der Waals surface area (Å²) in [7, 11) is 3.35. The Morgan fingerprint density at radius 3 is 2.46 bits per heavy atom. The highest BCUT2D eigenvalue weighted by atomic mass is 16.5. The molecule has 0 radical (unpaired) electrons. The number of carbonyl (C=O) groups excluding carboxylic acids is 2. The number of benzene rings is 1. The van der Waals surface area contributed by atoms with Crippen molar-refractivity contribution in [1.29, 1.82) is 0 Å². The number of rotatable bonds is 5. The predicted octanol–water partition coefficient (Wildman–Crippen LogP) is 1.97. The summed E-state index contributed by atoms with van der Waals surface area (Å²) in [5, 5.41) is 2.98. The minimum atomic E-state index is -0.419. The van der Waals surface area contributed by atoms with Gasteiger partial charge in [-0.15, -0.1) is 0 Å². The Hall–Kier alpha value is -2.54. The molecule has 28 heavy (non-hydrogen) atoms. The number of carbonyl (C=O) groups is 2. The fraction of sp³-hybridized carbons (Fsp3) is 0.524. The van der Waals surface area contributed by atoms with Crippen molar-refractivity contribution < 1.29 is 14.3 Å². The Morgan fingerprint density at radius 1 is 1.07 bits per heavy atom. The maximum atomic E-state index is 13.2. The van der Waals surface area contributed by atoms with Crippen LogP contribution >= 0.6 is 0 Å². The van der Waals surface area contributed by atoms with Gasteiger partial charge < -0.3 is 19.9 Å². The normalized spacial score (nSPS) is 23.1. The van der Waals surface area contributed by atoms with Crippen LogP contribution in [0.2, 0.25) is 0 Å². The molecule has 0 saturated carbocycles. The Labute approximate surface area is 165 Å². The molecule has 7 nitrogen and oxygen atoms in total. The molecule has 1 unspecified atom stereocenters. The molecule has 0 aromatic heterocycles. The topological polar surface area (TPSA) is 65.1 Å². The highest BCUT2D eigenvalue weighted by Crippen LogP contribution is 2.36. The van der Waals surface area contributed by atoms with E-state index in [0.29, 0.717) is 18.7 Å². The third kappa shape index (κ3) is 3.46. The van der Waals surface area contributed by atoms with Gasteiger partial charge in [0.15, 0.2) is 0 Å². The fourth-order valence-corrected chi connectivity index (χ4v) is 4.30. The van der Waals surface area contributed by atoms with Crippen molar-refractivity contribution in [3.63, 3.8) is 0 Å². The molecule has 1 atom stereocenters. The van der Waals surface area contributed by atoms with Crippen LogP contribution < -0.4 is 10.1 Å². The molecule has 1 N–H and O–H groups in total. The van der Waals surface area contributed by atoms with E-state index >= 15 is 0 Å². The lowest BCUT2D eigenvalue weighted by Crippen LogP contribution is -2.45. The van der Waals surface area contributed by atoms with E-state index in [1.54, 1.807) is 19.1 Å². The molecule has 3 aliphatic rings. The highest BCUT2D eigenvalue weighted by molar-refractivity contribution is 6.01. The van der Waals surface area contributed by atoms with Gasteiger partial charge in [-0.1, -0.05) is 18.6 Å². The van der Waals surface area contributed by atoms with Gasteiger partial charge in [0.1, 0.15) is 5.75 Å². The molecule has 150 valence electrons. The summed E-state index contributed by atoms with van der Waals surface area (Å²) in [4.78, 5) is 31.6. The second-order valence-electron chi connectivity index (χ2n) is 7.70. The molecule has 4 rings (SSSR count). The summed E-state index contributed by atoms with van der Waals surface area (Å²) in [6.45, 7) is 4.32. The zero-order valence-electron chi connectivity index (χ0n) is 16.6. The standard InChI is InChI=1S/C21H28N4O3/c1-23-17-14-25(13-12-24-10-4-3-5-11-24)20(26)18(17)19(22-21(23)27)15-6-8-16(28-2)9-7-15/h6-9,19H,3-5,10-14H2,1-2H3,(H,22,27). The molecule has 1 saturated heterocycles. The molecule has 1 aromatic rings. The van der Waals surface area contributed by atoms with E-state index in [9.17, 15) is 9.59 Å². The van der Waals surface area contributed by atoms with Gasteiger partial charge in [-0.05, 0) is 43.6 Å². The molecule has 0 bridgehead atoms. The summed E-state index contributed by atoms with van der Waals surface area (Å²) in [6, 6.07) is 6.93. The lowest BCUT2D eigenvalue weighted by molar-refractivity contribution is -0.126. The minimum Gasteiger partial charge on any atom is -0.497 e. The number of nitrogens with zero attached hydrogens (tertiary/aromatic N) is 3. The summed E-state index contributed by atoms with van der Waals surface area (Å²) in [6.07, 6.45) is 3.78. The summed E-state index contributed by atoms with van der Waals surface area (Å²) in [5.41, 5.74) is 2.39. The van der Waals surface area contributed by atoms with Crippen molar-refractivity contribution in [1.82, 2.24) is 20.0 Å².